The predicted molar refractivity (Wildman–Crippen MR) is 68.6 cm³/mol. The van der Waals surface area contributed by atoms with Gasteiger partial charge in [0.2, 0.25) is 0 Å². The number of hydrazine groups is 1. The molecule has 4 N–H and O–H groups in total. The van der Waals surface area contributed by atoms with Crippen molar-refractivity contribution in [3.8, 4) is 0 Å². The molecule has 0 radical (unpaired) electrons. The number of rotatable bonds is 4. The topological polar surface area (TPSA) is 87.8 Å². The van der Waals surface area contributed by atoms with E-state index in [1.54, 1.807) is 0 Å². The van der Waals surface area contributed by atoms with E-state index in [0.29, 0.717) is 13.1 Å². The Morgan fingerprint density at radius 3 is 2.67 bits per heavy atom. The molecular weight excluding hydrogens is 234 g/mol. The number of hydrogen-bond donors (Lipinski definition) is 3. The number of amides is 1. The molecule has 0 spiro atoms. The van der Waals surface area contributed by atoms with Crippen LogP contribution in [0.4, 0.5) is 0 Å². The molecule has 6 heteroatoms. The Kier molecular flexibility index (Phi) is 5.10. The second kappa shape index (κ2) is 5.97. The second-order valence-corrected chi connectivity index (χ2v) is 5.81. The Labute approximate surface area is 108 Å². The van der Waals surface area contributed by atoms with Gasteiger partial charge in [-0.3, -0.25) is 15.1 Å². The minimum Gasteiger partial charge on any atom is -0.394 e. The van der Waals surface area contributed by atoms with Gasteiger partial charge in [-0.15, -0.1) is 0 Å². The van der Waals surface area contributed by atoms with Crippen molar-refractivity contribution < 1.29 is 14.6 Å². The van der Waals surface area contributed by atoms with E-state index < -0.39 is 0 Å². The van der Waals surface area contributed by atoms with E-state index >= 15 is 0 Å². The minimum atomic E-state index is -0.381. The molecule has 0 aromatic heterocycles. The molecule has 2 unspecified atom stereocenters. The van der Waals surface area contributed by atoms with Gasteiger partial charge >= 0.3 is 0 Å². The second-order valence-electron chi connectivity index (χ2n) is 5.81. The molecule has 0 bridgehead atoms. The molecule has 1 amide bonds. The van der Waals surface area contributed by atoms with Gasteiger partial charge in [0.1, 0.15) is 0 Å². The maximum atomic E-state index is 11.9. The Morgan fingerprint density at radius 1 is 1.61 bits per heavy atom. The van der Waals surface area contributed by atoms with Crippen LogP contribution in [-0.4, -0.2) is 53.4 Å². The summed E-state index contributed by atoms with van der Waals surface area (Å²) < 4.78 is 5.74. The summed E-state index contributed by atoms with van der Waals surface area (Å²) in [5, 5.41) is 9.28. The maximum absolute atomic E-state index is 11.9. The Bertz CT molecular complexity index is 294. The van der Waals surface area contributed by atoms with Crippen molar-refractivity contribution >= 4 is 5.91 Å². The molecule has 0 aliphatic carbocycles. The van der Waals surface area contributed by atoms with Gasteiger partial charge in [0.05, 0.1) is 24.4 Å². The maximum Gasteiger partial charge on any atom is 0.251 e. The van der Waals surface area contributed by atoms with Gasteiger partial charge in [-0.2, -0.15) is 0 Å². The summed E-state index contributed by atoms with van der Waals surface area (Å²) >= 11 is 0. The number of nitrogens with two attached hydrogens (primary N) is 1. The van der Waals surface area contributed by atoms with Gasteiger partial charge in [0.25, 0.3) is 5.91 Å². The lowest BCUT2D eigenvalue weighted by atomic mass is 9.97. The van der Waals surface area contributed by atoms with Gasteiger partial charge in [-0.05, 0) is 19.8 Å². The lowest BCUT2D eigenvalue weighted by Crippen LogP contribution is -2.61. The first kappa shape index (κ1) is 15.4. The number of nitrogens with one attached hydrogen (secondary N) is 1. The number of hydrogen-bond acceptors (Lipinski definition) is 5. The largest absolute Gasteiger partial charge is 0.394 e. The lowest BCUT2D eigenvalue weighted by molar-refractivity contribution is -0.165. The molecule has 0 saturated carbocycles. The Hall–Kier alpha value is -0.690. The third-order valence-electron chi connectivity index (χ3n) is 3.15. The fraction of sp³-hybridized carbons (Fsp3) is 0.917. The summed E-state index contributed by atoms with van der Waals surface area (Å²) in [6.45, 7) is 9.01. The molecule has 18 heavy (non-hydrogen) atoms. The summed E-state index contributed by atoms with van der Waals surface area (Å²) in [4.78, 5) is 13.9. The first-order chi connectivity index (χ1) is 8.30. The van der Waals surface area contributed by atoms with Gasteiger partial charge in [0.15, 0.2) is 0 Å². The van der Waals surface area contributed by atoms with Crippen LogP contribution < -0.4 is 11.3 Å². The van der Waals surface area contributed by atoms with E-state index in [9.17, 15) is 9.90 Å². The van der Waals surface area contributed by atoms with Crippen molar-refractivity contribution in [2.45, 2.75) is 45.4 Å². The van der Waals surface area contributed by atoms with Crippen molar-refractivity contribution in [1.82, 2.24) is 10.3 Å². The predicted octanol–water partition coefficient (Wildman–Crippen LogP) is -0.527. The summed E-state index contributed by atoms with van der Waals surface area (Å²) in [5.41, 5.74) is 1.84. The SMILES string of the molecule is CC(C)C(C(=O)NN)N1CC(CO)OC(C)(C)C1. The number of carbonyl (C=O) groups is 1. The summed E-state index contributed by atoms with van der Waals surface area (Å²) in [7, 11) is 0. The van der Waals surface area contributed by atoms with Crippen LogP contribution >= 0.6 is 0 Å². The Morgan fingerprint density at radius 2 is 2.22 bits per heavy atom. The van der Waals surface area contributed by atoms with Gasteiger partial charge < -0.3 is 9.84 Å². The zero-order chi connectivity index (χ0) is 13.9. The standard InChI is InChI=1S/C12H25N3O3/c1-8(2)10(11(17)14-13)15-5-9(6-16)18-12(3,4)7-15/h8-10,16H,5-7,13H2,1-4H3,(H,14,17). The molecule has 106 valence electrons. The number of morpholine rings is 1. The third kappa shape index (κ3) is 3.65. The number of aliphatic hydroxyl groups excluding tert-OH is 1. The van der Waals surface area contributed by atoms with Crippen LogP contribution in [0.5, 0.6) is 0 Å². The molecule has 1 fully saturated rings. The van der Waals surface area contributed by atoms with Crippen molar-refractivity contribution in [1.29, 1.82) is 0 Å². The highest BCUT2D eigenvalue weighted by molar-refractivity contribution is 5.81. The first-order valence-electron chi connectivity index (χ1n) is 6.34. The zero-order valence-electron chi connectivity index (χ0n) is 11.6. The molecule has 1 saturated heterocycles. The van der Waals surface area contributed by atoms with E-state index in [1.165, 1.54) is 0 Å². The molecular formula is C12H25N3O3. The number of carbonyl (C=O) groups excluding carboxylic acids is 1. The van der Waals surface area contributed by atoms with E-state index in [4.69, 9.17) is 10.6 Å². The van der Waals surface area contributed by atoms with Crippen LogP contribution in [0.2, 0.25) is 0 Å². The van der Waals surface area contributed by atoms with E-state index in [-0.39, 0.29) is 36.2 Å². The fourth-order valence-corrected chi connectivity index (χ4v) is 2.62. The van der Waals surface area contributed by atoms with Crippen LogP contribution in [0.1, 0.15) is 27.7 Å². The monoisotopic (exact) mass is 259 g/mol. The average molecular weight is 259 g/mol. The third-order valence-corrected chi connectivity index (χ3v) is 3.15. The van der Waals surface area contributed by atoms with Crippen LogP contribution in [0.15, 0.2) is 0 Å². The van der Waals surface area contributed by atoms with Crippen LogP contribution in [0.25, 0.3) is 0 Å². The van der Waals surface area contributed by atoms with Crippen molar-refractivity contribution in [3.63, 3.8) is 0 Å². The Balaban J connectivity index is 2.87. The van der Waals surface area contributed by atoms with Gasteiger partial charge in [-0.25, -0.2) is 5.84 Å². The number of nitrogens with zero attached hydrogens (tertiary/aromatic N) is 1. The minimum absolute atomic E-state index is 0.0466. The quantitative estimate of drug-likeness (QED) is 0.359. The highest BCUT2D eigenvalue weighted by atomic mass is 16.5. The summed E-state index contributed by atoms with van der Waals surface area (Å²) in [5.74, 6) is 5.19. The molecule has 1 aliphatic rings. The van der Waals surface area contributed by atoms with Crippen LogP contribution in [-0.2, 0) is 9.53 Å². The van der Waals surface area contributed by atoms with Crippen molar-refractivity contribution in [2.75, 3.05) is 19.7 Å². The van der Waals surface area contributed by atoms with Gasteiger partial charge in [-0.1, -0.05) is 13.8 Å². The highest BCUT2D eigenvalue weighted by Crippen LogP contribution is 2.24. The molecule has 1 heterocycles. The molecule has 1 aliphatic heterocycles. The molecule has 2 atom stereocenters. The zero-order valence-corrected chi connectivity index (χ0v) is 11.6. The molecule has 0 aromatic carbocycles. The first-order valence-corrected chi connectivity index (χ1v) is 6.34. The smallest absolute Gasteiger partial charge is 0.251 e. The van der Waals surface area contributed by atoms with Crippen LogP contribution in [0, 0.1) is 5.92 Å². The summed E-state index contributed by atoms with van der Waals surface area (Å²) in [6.07, 6.45) is -0.263. The van der Waals surface area contributed by atoms with E-state index in [0.717, 1.165) is 0 Å². The molecule has 0 aromatic rings. The molecule has 1 rings (SSSR count). The van der Waals surface area contributed by atoms with Gasteiger partial charge in [0, 0.05) is 13.1 Å². The molecule has 6 nitrogen and oxygen atoms in total. The van der Waals surface area contributed by atoms with Crippen molar-refractivity contribution in [3.05, 3.63) is 0 Å². The highest BCUT2D eigenvalue weighted by Gasteiger charge is 2.39. The number of ether oxygens (including phenoxy) is 1. The van der Waals surface area contributed by atoms with E-state index in [2.05, 4.69) is 5.43 Å². The number of aliphatic hydroxyl groups is 1. The normalized spacial score (nSPS) is 26.1. The summed E-state index contributed by atoms with van der Waals surface area (Å²) in [6, 6.07) is -0.299. The fourth-order valence-electron chi connectivity index (χ4n) is 2.62. The van der Waals surface area contributed by atoms with Crippen molar-refractivity contribution in [2.24, 2.45) is 11.8 Å². The lowest BCUT2D eigenvalue weighted by Gasteiger charge is -2.45. The average Bonchev–Trinajstić information content (AvgIpc) is 2.26. The van der Waals surface area contributed by atoms with Crippen LogP contribution in [0.3, 0.4) is 0 Å². The van der Waals surface area contributed by atoms with E-state index in [1.807, 2.05) is 32.6 Å².